The lowest BCUT2D eigenvalue weighted by atomic mass is 9.82. The lowest BCUT2D eigenvalue weighted by Crippen LogP contribution is -2.34. The standard InChI is InChI=1S/C11H21NO/c1-2-11-10(5-6-12-11)9-4-3-7-13-8-9/h9-12H,2-8H2,1H3. The summed E-state index contributed by atoms with van der Waals surface area (Å²) in [6.07, 6.45) is 5.31. The Morgan fingerprint density at radius 2 is 2.31 bits per heavy atom. The summed E-state index contributed by atoms with van der Waals surface area (Å²) in [6.45, 7) is 5.52. The smallest absolute Gasteiger partial charge is 0.0497 e. The minimum atomic E-state index is 0.770. The zero-order valence-corrected chi connectivity index (χ0v) is 8.59. The van der Waals surface area contributed by atoms with Crippen LogP contribution in [0.2, 0.25) is 0 Å². The van der Waals surface area contributed by atoms with Crippen LogP contribution in [-0.2, 0) is 4.74 Å². The number of hydrogen-bond donors (Lipinski definition) is 1. The Balaban J connectivity index is 1.90. The van der Waals surface area contributed by atoms with Gasteiger partial charge in [0.2, 0.25) is 0 Å². The van der Waals surface area contributed by atoms with Crippen molar-refractivity contribution >= 4 is 0 Å². The van der Waals surface area contributed by atoms with Crippen molar-refractivity contribution in [3.05, 3.63) is 0 Å². The summed E-state index contributed by atoms with van der Waals surface area (Å²) in [6, 6.07) is 0.770. The van der Waals surface area contributed by atoms with Crippen LogP contribution >= 0.6 is 0 Å². The van der Waals surface area contributed by atoms with Crippen LogP contribution in [0.1, 0.15) is 32.6 Å². The van der Waals surface area contributed by atoms with Crippen molar-refractivity contribution in [3.63, 3.8) is 0 Å². The van der Waals surface area contributed by atoms with E-state index in [2.05, 4.69) is 12.2 Å². The van der Waals surface area contributed by atoms with Crippen LogP contribution in [0.5, 0.6) is 0 Å². The third-order valence-electron chi connectivity index (χ3n) is 3.64. The van der Waals surface area contributed by atoms with Gasteiger partial charge in [-0.15, -0.1) is 0 Å². The molecule has 0 bridgehead atoms. The summed E-state index contributed by atoms with van der Waals surface area (Å²) in [5.41, 5.74) is 0. The molecule has 0 saturated carbocycles. The van der Waals surface area contributed by atoms with Crippen molar-refractivity contribution in [1.29, 1.82) is 0 Å². The summed E-state index contributed by atoms with van der Waals surface area (Å²) in [5.74, 6) is 1.74. The molecule has 2 rings (SSSR count). The third-order valence-corrected chi connectivity index (χ3v) is 3.64. The Morgan fingerprint density at radius 1 is 1.38 bits per heavy atom. The second-order valence-electron chi connectivity index (χ2n) is 4.40. The molecule has 2 nitrogen and oxygen atoms in total. The second-order valence-corrected chi connectivity index (χ2v) is 4.40. The largest absolute Gasteiger partial charge is 0.381 e. The van der Waals surface area contributed by atoms with Crippen molar-refractivity contribution in [2.75, 3.05) is 19.8 Å². The monoisotopic (exact) mass is 183 g/mol. The first-order valence-corrected chi connectivity index (χ1v) is 5.73. The molecule has 0 aromatic heterocycles. The van der Waals surface area contributed by atoms with Crippen LogP contribution in [0.15, 0.2) is 0 Å². The molecule has 0 radical (unpaired) electrons. The Kier molecular flexibility index (Phi) is 3.23. The number of ether oxygens (including phenoxy) is 1. The summed E-state index contributed by atoms with van der Waals surface area (Å²) in [4.78, 5) is 0. The molecule has 0 aliphatic carbocycles. The SMILES string of the molecule is CCC1NCCC1C1CCCOC1. The van der Waals surface area contributed by atoms with Gasteiger partial charge in [-0.1, -0.05) is 6.92 Å². The number of hydrogen-bond acceptors (Lipinski definition) is 2. The first-order chi connectivity index (χ1) is 6.42. The van der Waals surface area contributed by atoms with Gasteiger partial charge >= 0.3 is 0 Å². The second kappa shape index (κ2) is 4.43. The molecule has 3 atom stereocenters. The molecule has 2 heterocycles. The maximum absolute atomic E-state index is 5.56. The maximum Gasteiger partial charge on any atom is 0.0497 e. The zero-order chi connectivity index (χ0) is 9.10. The molecular weight excluding hydrogens is 162 g/mol. The number of nitrogens with one attached hydrogen (secondary N) is 1. The maximum atomic E-state index is 5.56. The van der Waals surface area contributed by atoms with Gasteiger partial charge in [-0.2, -0.15) is 0 Å². The molecule has 1 N–H and O–H groups in total. The minimum Gasteiger partial charge on any atom is -0.381 e. The van der Waals surface area contributed by atoms with Crippen molar-refractivity contribution < 1.29 is 4.74 Å². The Labute approximate surface area is 81.0 Å². The highest BCUT2D eigenvalue weighted by Gasteiger charge is 2.33. The van der Waals surface area contributed by atoms with E-state index in [1.54, 1.807) is 0 Å². The van der Waals surface area contributed by atoms with E-state index in [9.17, 15) is 0 Å². The Morgan fingerprint density at radius 3 is 3.00 bits per heavy atom. The van der Waals surface area contributed by atoms with Gasteiger partial charge in [0.15, 0.2) is 0 Å². The molecule has 2 aliphatic heterocycles. The molecule has 3 unspecified atom stereocenters. The van der Waals surface area contributed by atoms with E-state index in [-0.39, 0.29) is 0 Å². The molecule has 2 heteroatoms. The number of rotatable bonds is 2. The van der Waals surface area contributed by atoms with Crippen LogP contribution in [-0.4, -0.2) is 25.8 Å². The van der Waals surface area contributed by atoms with Gasteiger partial charge in [0.25, 0.3) is 0 Å². The van der Waals surface area contributed by atoms with Crippen molar-refractivity contribution in [1.82, 2.24) is 5.32 Å². The molecule has 0 aromatic carbocycles. The average Bonchev–Trinajstić information content (AvgIpc) is 2.67. The van der Waals surface area contributed by atoms with Gasteiger partial charge < -0.3 is 10.1 Å². The molecule has 0 spiro atoms. The zero-order valence-electron chi connectivity index (χ0n) is 8.59. The summed E-state index contributed by atoms with van der Waals surface area (Å²) >= 11 is 0. The van der Waals surface area contributed by atoms with E-state index in [4.69, 9.17) is 4.74 Å². The normalized spacial score (nSPS) is 40.8. The van der Waals surface area contributed by atoms with E-state index in [1.165, 1.54) is 32.2 Å². The highest BCUT2D eigenvalue weighted by atomic mass is 16.5. The van der Waals surface area contributed by atoms with E-state index in [0.717, 1.165) is 31.1 Å². The molecule has 13 heavy (non-hydrogen) atoms. The van der Waals surface area contributed by atoms with Crippen molar-refractivity contribution in [2.24, 2.45) is 11.8 Å². The summed E-state index contributed by atoms with van der Waals surface area (Å²) in [7, 11) is 0. The van der Waals surface area contributed by atoms with E-state index in [0.29, 0.717) is 0 Å². The summed E-state index contributed by atoms with van der Waals surface area (Å²) < 4.78 is 5.56. The third kappa shape index (κ3) is 2.05. The fourth-order valence-corrected chi connectivity index (χ4v) is 2.90. The van der Waals surface area contributed by atoms with E-state index in [1.807, 2.05) is 0 Å². The predicted molar refractivity (Wildman–Crippen MR) is 53.7 cm³/mol. The van der Waals surface area contributed by atoms with Crippen molar-refractivity contribution in [2.45, 2.75) is 38.6 Å². The Bertz CT molecular complexity index is 154. The molecule has 0 aromatic rings. The molecular formula is C11H21NO. The van der Waals surface area contributed by atoms with Crippen LogP contribution in [0.25, 0.3) is 0 Å². The van der Waals surface area contributed by atoms with Gasteiger partial charge in [0.1, 0.15) is 0 Å². The molecule has 0 amide bonds. The van der Waals surface area contributed by atoms with Gasteiger partial charge in [-0.05, 0) is 44.1 Å². The van der Waals surface area contributed by atoms with E-state index >= 15 is 0 Å². The van der Waals surface area contributed by atoms with Gasteiger partial charge in [-0.3, -0.25) is 0 Å². The first-order valence-electron chi connectivity index (χ1n) is 5.73. The first kappa shape index (κ1) is 9.47. The lowest BCUT2D eigenvalue weighted by molar-refractivity contribution is 0.0276. The molecule has 2 aliphatic rings. The fraction of sp³-hybridized carbons (Fsp3) is 1.00. The highest BCUT2D eigenvalue weighted by molar-refractivity contribution is 4.87. The van der Waals surface area contributed by atoms with Crippen LogP contribution in [0.3, 0.4) is 0 Å². The quantitative estimate of drug-likeness (QED) is 0.705. The van der Waals surface area contributed by atoms with Crippen molar-refractivity contribution in [3.8, 4) is 0 Å². The van der Waals surface area contributed by atoms with Gasteiger partial charge in [0, 0.05) is 19.3 Å². The fourth-order valence-electron chi connectivity index (χ4n) is 2.90. The average molecular weight is 183 g/mol. The topological polar surface area (TPSA) is 21.3 Å². The molecule has 76 valence electrons. The predicted octanol–water partition coefficient (Wildman–Crippen LogP) is 1.80. The lowest BCUT2D eigenvalue weighted by Gasteiger charge is -2.30. The van der Waals surface area contributed by atoms with Gasteiger partial charge in [0.05, 0.1) is 0 Å². The van der Waals surface area contributed by atoms with Crippen LogP contribution < -0.4 is 5.32 Å². The minimum absolute atomic E-state index is 0.770. The van der Waals surface area contributed by atoms with Gasteiger partial charge in [-0.25, -0.2) is 0 Å². The van der Waals surface area contributed by atoms with E-state index < -0.39 is 0 Å². The molecule has 2 saturated heterocycles. The molecule has 2 fully saturated rings. The highest BCUT2D eigenvalue weighted by Crippen LogP contribution is 2.31. The summed E-state index contributed by atoms with van der Waals surface area (Å²) in [5, 5.41) is 3.60. The Hall–Kier alpha value is -0.0800. The van der Waals surface area contributed by atoms with Crippen LogP contribution in [0.4, 0.5) is 0 Å². The van der Waals surface area contributed by atoms with Crippen LogP contribution in [0, 0.1) is 11.8 Å².